The Morgan fingerprint density at radius 3 is 2.45 bits per heavy atom. The van der Waals surface area contributed by atoms with E-state index < -0.39 is 24.3 Å². The first kappa shape index (κ1) is 29.3. The number of aryl methyl sites for hydroxylation is 1. The van der Waals surface area contributed by atoms with Crippen molar-refractivity contribution in [3.8, 4) is 22.8 Å². The number of esters is 1. The molecule has 0 spiro atoms. The number of rotatable bonds is 9. The number of nitrogens with two attached hydrogens (primary N) is 2. The highest BCUT2D eigenvalue weighted by atomic mass is 127. The van der Waals surface area contributed by atoms with Crippen molar-refractivity contribution in [2.24, 2.45) is 5.73 Å². The first-order chi connectivity index (χ1) is 18.9. The second kappa shape index (κ2) is 12.2. The average molecular weight is 666 g/mol. The fourth-order valence-electron chi connectivity index (χ4n) is 3.96. The summed E-state index contributed by atoms with van der Waals surface area (Å²) in [6.45, 7) is 3.67. The number of carbonyl (C=O) groups excluding carboxylic acids is 1. The van der Waals surface area contributed by atoms with Crippen LogP contribution in [0.15, 0.2) is 60.8 Å². The molecule has 2 atom stereocenters. The van der Waals surface area contributed by atoms with Gasteiger partial charge in [-0.05, 0) is 66.6 Å². The zero-order valence-corrected chi connectivity index (χ0v) is 23.7. The lowest BCUT2D eigenvalue weighted by Gasteiger charge is -2.24. The minimum Gasteiger partial charge on any atom is -0.465 e. The zero-order chi connectivity index (χ0) is 29.0. The summed E-state index contributed by atoms with van der Waals surface area (Å²) < 4.78 is 55.7. The molecule has 0 unspecified atom stereocenters. The van der Waals surface area contributed by atoms with Crippen LogP contribution in [0.5, 0.6) is 5.88 Å². The van der Waals surface area contributed by atoms with Crippen molar-refractivity contribution in [3.63, 3.8) is 0 Å². The summed E-state index contributed by atoms with van der Waals surface area (Å²) in [4.78, 5) is 19.9. The number of aromatic nitrogens is 4. The highest BCUT2D eigenvalue weighted by Crippen LogP contribution is 2.40. The minimum absolute atomic E-state index is 0.142. The van der Waals surface area contributed by atoms with Gasteiger partial charge >= 0.3 is 12.1 Å². The van der Waals surface area contributed by atoms with E-state index in [0.717, 1.165) is 9.13 Å². The number of carbonyl (C=O) groups is 1. The maximum atomic E-state index is 14.4. The van der Waals surface area contributed by atoms with E-state index in [0.29, 0.717) is 11.3 Å². The molecular formula is C27H26F3IN6O3. The third-order valence-corrected chi connectivity index (χ3v) is 6.47. The van der Waals surface area contributed by atoms with Gasteiger partial charge in [-0.1, -0.05) is 30.3 Å². The normalized spacial score (nSPS) is 13.1. The summed E-state index contributed by atoms with van der Waals surface area (Å²) in [5, 5.41) is 4.28. The Morgan fingerprint density at radius 1 is 1.10 bits per heavy atom. The summed E-state index contributed by atoms with van der Waals surface area (Å²) >= 11 is 2.02. The number of ether oxygens (including phenoxy) is 2. The Bertz CT molecular complexity index is 1490. The van der Waals surface area contributed by atoms with Gasteiger partial charge in [0.2, 0.25) is 17.9 Å². The van der Waals surface area contributed by atoms with Gasteiger partial charge in [-0.3, -0.25) is 4.79 Å². The van der Waals surface area contributed by atoms with Crippen LogP contribution in [0.1, 0.15) is 29.8 Å². The second-order valence-electron chi connectivity index (χ2n) is 8.85. The molecule has 0 saturated heterocycles. The molecule has 0 radical (unpaired) electrons. The maximum Gasteiger partial charge on any atom is 0.429 e. The van der Waals surface area contributed by atoms with Gasteiger partial charge in [0.1, 0.15) is 6.04 Å². The standard InChI is InChI=1S/C27H26F3IN6O3/c1-3-39-25(38)20(32)12-16-4-6-17(7-5-16)21-14-23(35-26(33)34-21)40-24(27(28,29)30)19-9-8-18(31)13-22(19)37-11-10-15(2)36-37/h4-11,13-14,20,24H,3,12,32H2,1-2H3,(H2,33,34,35)/t20-,24+/m0/s1. The molecule has 0 amide bonds. The zero-order valence-electron chi connectivity index (χ0n) is 21.5. The molecule has 0 aliphatic carbocycles. The highest BCUT2D eigenvalue weighted by Gasteiger charge is 2.45. The van der Waals surface area contributed by atoms with Crippen LogP contribution in [-0.4, -0.2) is 44.5 Å². The lowest BCUT2D eigenvalue weighted by Crippen LogP contribution is -2.34. The van der Waals surface area contributed by atoms with Crippen molar-refractivity contribution in [1.29, 1.82) is 0 Å². The van der Waals surface area contributed by atoms with E-state index in [1.807, 2.05) is 22.6 Å². The summed E-state index contributed by atoms with van der Waals surface area (Å²) in [6.07, 6.45) is -5.32. The summed E-state index contributed by atoms with van der Waals surface area (Å²) in [5.41, 5.74) is 14.0. The molecule has 0 aliphatic rings. The number of hydrogen-bond acceptors (Lipinski definition) is 8. The fraction of sp³-hybridized carbons (Fsp3) is 0.259. The fourth-order valence-corrected chi connectivity index (χ4v) is 4.44. The van der Waals surface area contributed by atoms with Gasteiger partial charge in [-0.2, -0.15) is 23.3 Å². The molecule has 0 fully saturated rings. The van der Waals surface area contributed by atoms with Gasteiger partial charge < -0.3 is 20.9 Å². The molecule has 0 aliphatic heterocycles. The van der Waals surface area contributed by atoms with E-state index >= 15 is 0 Å². The van der Waals surface area contributed by atoms with Crippen molar-refractivity contribution in [1.82, 2.24) is 19.7 Å². The maximum absolute atomic E-state index is 14.4. The monoisotopic (exact) mass is 666 g/mol. The number of nitrogen functional groups attached to an aromatic ring is 1. The molecule has 2 aromatic heterocycles. The Labute approximate surface area is 241 Å². The molecule has 210 valence electrons. The smallest absolute Gasteiger partial charge is 0.429 e. The van der Waals surface area contributed by atoms with E-state index in [9.17, 15) is 18.0 Å². The third kappa shape index (κ3) is 7.07. The molecule has 13 heteroatoms. The van der Waals surface area contributed by atoms with Gasteiger partial charge in [-0.25, -0.2) is 9.67 Å². The van der Waals surface area contributed by atoms with Crippen molar-refractivity contribution in [2.45, 2.75) is 38.6 Å². The van der Waals surface area contributed by atoms with E-state index in [1.165, 1.54) is 16.8 Å². The number of hydrogen-bond donors (Lipinski definition) is 2. The first-order valence-corrected chi connectivity index (χ1v) is 13.2. The van der Waals surface area contributed by atoms with Crippen LogP contribution in [0, 0.1) is 10.5 Å². The lowest BCUT2D eigenvalue weighted by atomic mass is 10.0. The van der Waals surface area contributed by atoms with Crippen molar-refractivity contribution in [2.75, 3.05) is 12.3 Å². The Hall–Kier alpha value is -3.72. The van der Waals surface area contributed by atoms with Gasteiger partial charge in [0.05, 0.1) is 23.7 Å². The molecule has 9 nitrogen and oxygen atoms in total. The average Bonchev–Trinajstić information content (AvgIpc) is 3.33. The number of benzene rings is 2. The number of anilines is 1. The van der Waals surface area contributed by atoms with Crippen LogP contribution in [0.25, 0.3) is 16.9 Å². The van der Waals surface area contributed by atoms with Gasteiger partial charge in [0.15, 0.2) is 0 Å². The Balaban J connectivity index is 1.64. The van der Waals surface area contributed by atoms with E-state index in [-0.39, 0.29) is 41.8 Å². The number of halogens is 4. The molecule has 2 heterocycles. The van der Waals surface area contributed by atoms with Gasteiger partial charge in [-0.15, -0.1) is 0 Å². The second-order valence-corrected chi connectivity index (χ2v) is 10.1. The first-order valence-electron chi connectivity index (χ1n) is 12.2. The van der Waals surface area contributed by atoms with Crippen LogP contribution in [0.4, 0.5) is 19.1 Å². The van der Waals surface area contributed by atoms with Crippen LogP contribution in [0.2, 0.25) is 0 Å². The Kier molecular flexibility index (Phi) is 8.93. The molecule has 4 rings (SSSR count). The summed E-state index contributed by atoms with van der Waals surface area (Å²) in [5.74, 6) is -1.11. The topological polar surface area (TPSA) is 131 Å². The molecular weight excluding hydrogens is 640 g/mol. The molecule has 40 heavy (non-hydrogen) atoms. The summed E-state index contributed by atoms with van der Waals surface area (Å²) in [6, 6.07) is 13.5. The minimum atomic E-state index is -4.79. The SMILES string of the molecule is CCOC(=O)[C@@H](N)Cc1ccc(-c2cc(O[C@H](c3ccc(I)cc3-n3ccc(C)n3)C(F)(F)F)nc(N)n2)cc1. The van der Waals surface area contributed by atoms with E-state index in [2.05, 4.69) is 15.1 Å². The van der Waals surface area contributed by atoms with Gasteiger partial charge in [0.25, 0.3) is 0 Å². The lowest BCUT2D eigenvalue weighted by molar-refractivity contribution is -0.198. The quantitative estimate of drug-likeness (QED) is 0.190. The van der Waals surface area contributed by atoms with Crippen molar-refractivity contribution in [3.05, 3.63) is 81.2 Å². The number of nitrogens with zero attached hydrogens (tertiary/aromatic N) is 4. The van der Waals surface area contributed by atoms with Crippen LogP contribution >= 0.6 is 22.6 Å². The predicted molar refractivity (Wildman–Crippen MR) is 151 cm³/mol. The van der Waals surface area contributed by atoms with Gasteiger partial charge in [0, 0.05) is 27.0 Å². The Morgan fingerprint density at radius 2 is 1.82 bits per heavy atom. The van der Waals surface area contributed by atoms with E-state index in [1.54, 1.807) is 62.5 Å². The van der Waals surface area contributed by atoms with Crippen LogP contribution < -0.4 is 16.2 Å². The predicted octanol–water partition coefficient (Wildman–Crippen LogP) is 4.94. The van der Waals surface area contributed by atoms with Crippen LogP contribution in [-0.2, 0) is 16.0 Å². The van der Waals surface area contributed by atoms with Crippen molar-refractivity contribution < 1.29 is 27.4 Å². The molecule has 4 aromatic rings. The molecule has 2 aromatic carbocycles. The summed E-state index contributed by atoms with van der Waals surface area (Å²) in [7, 11) is 0. The third-order valence-electron chi connectivity index (χ3n) is 5.79. The van der Waals surface area contributed by atoms with Crippen molar-refractivity contribution >= 4 is 34.5 Å². The van der Waals surface area contributed by atoms with E-state index in [4.69, 9.17) is 20.9 Å². The molecule has 0 bridgehead atoms. The molecule has 4 N–H and O–H groups in total. The molecule has 0 saturated carbocycles. The number of alkyl halides is 3. The highest BCUT2D eigenvalue weighted by molar-refractivity contribution is 14.1. The largest absolute Gasteiger partial charge is 0.465 e. The van der Waals surface area contributed by atoms with Crippen LogP contribution in [0.3, 0.4) is 0 Å².